The van der Waals surface area contributed by atoms with E-state index in [9.17, 15) is 35.7 Å². The maximum atomic E-state index is 10.7. The highest BCUT2D eigenvalue weighted by Gasteiger charge is 2.50. The summed E-state index contributed by atoms with van der Waals surface area (Å²) in [5, 5.41) is 70.9. The molecule has 35 heavy (non-hydrogen) atoms. The van der Waals surface area contributed by atoms with Crippen molar-refractivity contribution in [3.63, 3.8) is 0 Å². The summed E-state index contributed by atoms with van der Waals surface area (Å²) in [5.74, 6) is 0. The molecule has 11 atom stereocenters. The van der Waals surface area contributed by atoms with Crippen LogP contribution in [0.2, 0.25) is 0 Å². The lowest BCUT2D eigenvalue weighted by atomic mass is 9.97. The van der Waals surface area contributed by atoms with E-state index in [1.807, 2.05) is 6.92 Å². The highest BCUT2D eigenvalue weighted by Crippen LogP contribution is 2.35. The molecule has 2 fully saturated rings. The van der Waals surface area contributed by atoms with Crippen LogP contribution in [0.15, 0.2) is 0 Å². The molecule has 2 heterocycles. The molecular formula is C24H46O10S. The molecule has 2 aliphatic rings. The van der Waals surface area contributed by atoms with Gasteiger partial charge in [0.2, 0.25) is 0 Å². The van der Waals surface area contributed by atoms with E-state index < -0.39 is 73.8 Å². The van der Waals surface area contributed by atoms with Crippen LogP contribution in [0, 0.1) is 0 Å². The first-order chi connectivity index (χ1) is 16.7. The van der Waals surface area contributed by atoms with Gasteiger partial charge in [0.1, 0.15) is 54.3 Å². The predicted molar refractivity (Wildman–Crippen MR) is 131 cm³/mol. The SMILES string of the molecule is CCCCCCCCCCC(C)S[C@@H]1OC(CO)[C@@H](O[C@H]2OC(CO)[C@@H](O)C(O)C2O)C(O)C1O. The number of ether oxygens (including phenoxy) is 3. The second-order valence-corrected chi connectivity index (χ2v) is 11.3. The van der Waals surface area contributed by atoms with E-state index in [0.717, 1.165) is 19.3 Å². The molecule has 0 spiro atoms. The van der Waals surface area contributed by atoms with Crippen LogP contribution in [-0.2, 0) is 14.2 Å². The van der Waals surface area contributed by atoms with Gasteiger partial charge in [-0.3, -0.25) is 0 Å². The predicted octanol–water partition coefficient (Wildman–Crippen LogP) is 0.263. The van der Waals surface area contributed by atoms with Crippen LogP contribution in [0.1, 0.15) is 71.6 Å². The minimum absolute atomic E-state index is 0.171. The molecule has 0 aromatic rings. The normalized spacial score (nSPS) is 39.0. The van der Waals surface area contributed by atoms with Gasteiger partial charge < -0.3 is 50.0 Å². The molecule has 208 valence electrons. The standard InChI is InChI=1S/C24H46O10S/c1-3-4-5-6-7-8-9-10-11-14(2)35-24-21(31)19(29)22(16(13-26)33-24)34-23-20(30)18(28)17(27)15(12-25)32-23/h14-31H,3-13H2,1-2H3/t14?,15?,16?,17-,18?,19?,20?,21?,22-,23-,24+/m1/s1. The highest BCUT2D eigenvalue weighted by atomic mass is 32.2. The summed E-state index contributed by atoms with van der Waals surface area (Å²) in [7, 11) is 0. The van der Waals surface area contributed by atoms with Crippen molar-refractivity contribution in [2.45, 2.75) is 137 Å². The first-order valence-electron chi connectivity index (χ1n) is 13.0. The highest BCUT2D eigenvalue weighted by molar-refractivity contribution is 8.00. The monoisotopic (exact) mass is 526 g/mol. The second kappa shape index (κ2) is 16.0. The van der Waals surface area contributed by atoms with E-state index >= 15 is 0 Å². The molecule has 0 bridgehead atoms. The van der Waals surface area contributed by atoms with Crippen LogP contribution in [0.5, 0.6) is 0 Å². The summed E-state index contributed by atoms with van der Waals surface area (Å²) in [6.45, 7) is 3.10. The summed E-state index contributed by atoms with van der Waals surface area (Å²) in [5.41, 5.74) is -0.777. The first-order valence-corrected chi connectivity index (χ1v) is 13.9. The zero-order chi connectivity index (χ0) is 26.0. The molecule has 0 saturated carbocycles. The van der Waals surface area contributed by atoms with Crippen LogP contribution < -0.4 is 0 Å². The molecule has 10 nitrogen and oxygen atoms in total. The van der Waals surface area contributed by atoms with Crippen molar-refractivity contribution in [2.24, 2.45) is 0 Å². The van der Waals surface area contributed by atoms with Crippen LogP contribution in [0.4, 0.5) is 0 Å². The van der Waals surface area contributed by atoms with Gasteiger partial charge in [-0.1, -0.05) is 65.2 Å². The lowest BCUT2D eigenvalue weighted by Crippen LogP contribution is -2.64. The van der Waals surface area contributed by atoms with Crippen molar-refractivity contribution >= 4 is 11.8 Å². The Labute approximate surface area is 212 Å². The minimum atomic E-state index is -1.67. The largest absolute Gasteiger partial charge is 0.394 e. The fraction of sp³-hybridized carbons (Fsp3) is 1.00. The van der Waals surface area contributed by atoms with Gasteiger partial charge in [0.25, 0.3) is 0 Å². The van der Waals surface area contributed by atoms with Gasteiger partial charge in [-0.25, -0.2) is 0 Å². The van der Waals surface area contributed by atoms with E-state index in [0.29, 0.717) is 0 Å². The molecule has 2 saturated heterocycles. The molecule has 0 aromatic carbocycles. The minimum Gasteiger partial charge on any atom is -0.394 e. The average molecular weight is 527 g/mol. The van der Waals surface area contributed by atoms with Gasteiger partial charge in [-0.05, 0) is 6.42 Å². The van der Waals surface area contributed by atoms with Gasteiger partial charge >= 0.3 is 0 Å². The molecule has 0 radical (unpaired) electrons. The number of aliphatic hydroxyl groups is 7. The smallest absolute Gasteiger partial charge is 0.187 e. The number of unbranched alkanes of at least 4 members (excludes halogenated alkanes) is 7. The summed E-state index contributed by atoms with van der Waals surface area (Å²) >= 11 is 1.39. The molecule has 2 rings (SSSR count). The second-order valence-electron chi connectivity index (χ2n) is 9.71. The summed E-state index contributed by atoms with van der Waals surface area (Å²) in [6.07, 6.45) is -1.87. The topological polar surface area (TPSA) is 169 Å². The van der Waals surface area contributed by atoms with Crippen LogP contribution in [-0.4, -0.2) is 115 Å². The Kier molecular flexibility index (Phi) is 14.3. The Morgan fingerprint density at radius 1 is 0.714 bits per heavy atom. The van der Waals surface area contributed by atoms with Crippen LogP contribution in [0.25, 0.3) is 0 Å². The molecule has 0 aliphatic carbocycles. The van der Waals surface area contributed by atoms with E-state index in [4.69, 9.17) is 14.2 Å². The summed E-state index contributed by atoms with van der Waals surface area (Å²) in [4.78, 5) is 0. The van der Waals surface area contributed by atoms with Crippen LogP contribution >= 0.6 is 11.8 Å². The van der Waals surface area contributed by atoms with E-state index in [2.05, 4.69) is 6.92 Å². The summed E-state index contributed by atoms with van der Waals surface area (Å²) in [6, 6.07) is 0. The number of hydrogen-bond donors (Lipinski definition) is 7. The van der Waals surface area contributed by atoms with Gasteiger partial charge in [0.15, 0.2) is 6.29 Å². The Balaban J connectivity index is 1.84. The Hall–Kier alpha value is -0.0500. The van der Waals surface area contributed by atoms with E-state index in [-0.39, 0.29) is 5.25 Å². The van der Waals surface area contributed by atoms with Crippen molar-refractivity contribution < 1.29 is 50.0 Å². The third-order valence-electron chi connectivity index (χ3n) is 6.79. The van der Waals surface area contributed by atoms with E-state index in [1.54, 1.807) is 0 Å². The third-order valence-corrected chi connectivity index (χ3v) is 8.15. The van der Waals surface area contributed by atoms with Crippen molar-refractivity contribution in [1.82, 2.24) is 0 Å². The average Bonchev–Trinajstić information content (AvgIpc) is 2.85. The number of aliphatic hydroxyl groups excluding tert-OH is 7. The van der Waals surface area contributed by atoms with Crippen molar-refractivity contribution in [3.8, 4) is 0 Å². The lowest BCUT2D eigenvalue weighted by Gasteiger charge is -2.46. The lowest BCUT2D eigenvalue weighted by molar-refractivity contribution is -0.338. The molecule has 7 unspecified atom stereocenters. The number of hydrogen-bond acceptors (Lipinski definition) is 11. The van der Waals surface area contributed by atoms with Crippen molar-refractivity contribution in [3.05, 3.63) is 0 Å². The van der Waals surface area contributed by atoms with Crippen molar-refractivity contribution in [1.29, 1.82) is 0 Å². The number of thioether (sulfide) groups is 1. The third kappa shape index (κ3) is 9.03. The summed E-state index contributed by atoms with van der Waals surface area (Å²) < 4.78 is 16.8. The zero-order valence-electron chi connectivity index (χ0n) is 20.9. The molecule has 0 aromatic heterocycles. The molecule has 2 aliphatic heterocycles. The molecular weight excluding hydrogens is 480 g/mol. The fourth-order valence-electron chi connectivity index (χ4n) is 4.53. The Bertz CT molecular complexity index is 568. The van der Waals surface area contributed by atoms with Gasteiger partial charge in [-0.15, -0.1) is 11.8 Å². The quantitative estimate of drug-likeness (QED) is 0.146. The Morgan fingerprint density at radius 2 is 1.31 bits per heavy atom. The Morgan fingerprint density at radius 3 is 1.91 bits per heavy atom. The van der Waals surface area contributed by atoms with Gasteiger partial charge in [0, 0.05) is 5.25 Å². The molecule has 0 amide bonds. The van der Waals surface area contributed by atoms with Gasteiger partial charge in [0.05, 0.1) is 13.2 Å². The zero-order valence-corrected chi connectivity index (χ0v) is 21.7. The first kappa shape index (κ1) is 31.2. The maximum Gasteiger partial charge on any atom is 0.187 e. The van der Waals surface area contributed by atoms with Gasteiger partial charge in [-0.2, -0.15) is 0 Å². The molecule has 11 heteroatoms. The fourth-order valence-corrected chi connectivity index (χ4v) is 5.82. The van der Waals surface area contributed by atoms with Crippen LogP contribution in [0.3, 0.4) is 0 Å². The van der Waals surface area contributed by atoms with Crippen molar-refractivity contribution in [2.75, 3.05) is 13.2 Å². The maximum absolute atomic E-state index is 10.7. The van der Waals surface area contributed by atoms with E-state index in [1.165, 1.54) is 50.3 Å². The number of rotatable bonds is 15. The molecule has 7 N–H and O–H groups in total.